The third kappa shape index (κ3) is 2.54. The van der Waals surface area contributed by atoms with Gasteiger partial charge in [0.05, 0.1) is 17.3 Å². The van der Waals surface area contributed by atoms with Gasteiger partial charge in [0.2, 0.25) is 0 Å². The zero-order valence-corrected chi connectivity index (χ0v) is 9.61. The van der Waals surface area contributed by atoms with Crippen LogP contribution in [0.4, 0.5) is 0 Å². The van der Waals surface area contributed by atoms with Crippen LogP contribution in [0.2, 0.25) is 0 Å². The quantitative estimate of drug-likeness (QED) is 0.722. The van der Waals surface area contributed by atoms with Gasteiger partial charge in [0.25, 0.3) is 0 Å². The molecule has 0 saturated heterocycles. The predicted octanol–water partition coefficient (Wildman–Crippen LogP) is 2.58. The minimum absolute atomic E-state index is 0.235. The zero-order chi connectivity index (χ0) is 10.6. The summed E-state index contributed by atoms with van der Waals surface area (Å²) in [6.07, 6.45) is 1.84. The lowest BCUT2D eigenvalue weighted by atomic mass is 10.2. The number of hydrogen-bond acceptors (Lipinski definition) is 4. The highest BCUT2D eigenvalue weighted by molar-refractivity contribution is 7.13. The summed E-state index contributed by atoms with van der Waals surface area (Å²) in [5.74, 6) is -0.235. The van der Waals surface area contributed by atoms with Crippen molar-refractivity contribution in [3.63, 3.8) is 0 Å². The molecule has 78 valence electrons. The molecule has 0 bridgehead atoms. The highest BCUT2D eigenvalue weighted by atomic mass is 32.1. The molecule has 0 atom stereocenters. The molecule has 1 aromatic rings. The van der Waals surface area contributed by atoms with Crippen molar-refractivity contribution in [2.75, 3.05) is 6.61 Å². The van der Waals surface area contributed by atoms with Crippen LogP contribution in [0.1, 0.15) is 40.6 Å². The number of ether oxygens (including phenoxy) is 1. The normalized spacial score (nSPS) is 10.2. The SMILES string of the molecule is CCCc1nc(C)sc1C(=O)OCC. The van der Waals surface area contributed by atoms with Gasteiger partial charge in [-0.3, -0.25) is 0 Å². The van der Waals surface area contributed by atoms with Crippen molar-refractivity contribution in [3.8, 4) is 0 Å². The van der Waals surface area contributed by atoms with E-state index in [0.717, 1.165) is 23.5 Å². The number of nitrogens with zero attached hydrogens (tertiary/aromatic N) is 1. The summed E-state index contributed by atoms with van der Waals surface area (Å²) in [5, 5.41) is 0.927. The van der Waals surface area contributed by atoms with E-state index in [1.54, 1.807) is 0 Å². The van der Waals surface area contributed by atoms with Gasteiger partial charge in [-0.05, 0) is 20.3 Å². The maximum Gasteiger partial charge on any atom is 0.350 e. The molecule has 0 aliphatic carbocycles. The molecule has 0 aromatic carbocycles. The predicted molar refractivity (Wildman–Crippen MR) is 56.8 cm³/mol. The van der Waals surface area contributed by atoms with Gasteiger partial charge in [-0.2, -0.15) is 0 Å². The summed E-state index contributed by atoms with van der Waals surface area (Å²) < 4.78 is 4.96. The highest BCUT2D eigenvalue weighted by Crippen LogP contribution is 2.20. The Hall–Kier alpha value is -0.900. The Labute approximate surface area is 88.1 Å². The molecule has 1 heterocycles. The van der Waals surface area contributed by atoms with Crippen molar-refractivity contribution in [1.82, 2.24) is 4.98 Å². The number of aryl methyl sites for hydroxylation is 2. The molecule has 0 aliphatic heterocycles. The lowest BCUT2D eigenvalue weighted by Gasteiger charge is -2.00. The standard InChI is InChI=1S/C10H15NO2S/c1-4-6-8-9(10(12)13-5-2)14-7(3)11-8/h4-6H2,1-3H3. The van der Waals surface area contributed by atoms with Crippen molar-refractivity contribution in [1.29, 1.82) is 0 Å². The topological polar surface area (TPSA) is 39.2 Å². The molecule has 0 fully saturated rings. The molecular weight excluding hydrogens is 198 g/mol. The van der Waals surface area contributed by atoms with Crippen molar-refractivity contribution in [2.24, 2.45) is 0 Å². The van der Waals surface area contributed by atoms with Crippen molar-refractivity contribution in [2.45, 2.75) is 33.6 Å². The molecular formula is C10H15NO2S. The first-order chi connectivity index (χ1) is 6.69. The van der Waals surface area contributed by atoms with Crippen molar-refractivity contribution >= 4 is 17.3 Å². The van der Waals surface area contributed by atoms with Gasteiger partial charge in [-0.1, -0.05) is 13.3 Å². The first-order valence-corrected chi connectivity index (χ1v) is 5.64. The molecule has 0 N–H and O–H groups in total. The lowest BCUT2D eigenvalue weighted by Crippen LogP contribution is -2.05. The minimum Gasteiger partial charge on any atom is -0.462 e. The number of carbonyl (C=O) groups is 1. The molecule has 0 radical (unpaired) electrons. The van der Waals surface area contributed by atoms with Crippen LogP contribution in [0, 0.1) is 6.92 Å². The Kier molecular flexibility index (Phi) is 4.07. The van der Waals surface area contributed by atoms with Crippen LogP contribution >= 0.6 is 11.3 Å². The Morgan fingerprint density at radius 1 is 1.50 bits per heavy atom. The van der Waals surface area contributed by atoms with E-state index in [-0.39, 0.29) is 5.97 Å². The van der Waals surface area contributed by atoms with E-state index in [4.69, 9.17) is 4.74 Å². The molecule has 0 amide bonds. The van der Waals surface area contributed by atoms with Gasteiger partial charge in [0.1, 0.15) is 4.88 Å². The maximum atomic E-state index is 11.5. The number of rotatable bonds is 4. The molecule has 1 rings (SSSR count). The Balaban J connectivity index is 2.88. The van der Waals surface area contributed by atoms with Crippen LogP contribution < -0.4 is 0 Å². The van der Waals surface area contributed by atoms with Gasteiger partial charge in [0, 0.05) is 0 Å². The number of aromatic nitrogens is 1. The van der Waals surface area contributed by atoms with E-state index < -0.39 is 0 Å². The van der Waals surface area contributed by atoms with Crippen molar-refractivity contribution < 1.29 is 9.53 Å². The van der Waals surface area contributed by atoms with Crippen LogP contribution in [0.5, 0.6) is 0 Å². The summed E-state index contributed by atoms with van der Waals surface area (Å²) in [6.45, 7) is 6.21. The fourth-order valence-corrected chi connectivity index (χ4v) is 2.09. The van der Waals surface area contributed by atoms with Crippen molar-refractivity contribution in [3.05, 3.63) is 15.6 Å². The first-order valence-electron chi connectivity index (χ1n) is 4.82. The van der Waals surface area contributed by atoms with E-state index in [1.807, 2.05) is 13.8 Å². The van der Waals surface area contributed by atoms with E-state index in [1.165, 1.54) is 11.3 Å². The van der Waals surface area contributed by atoms with Crippen LogP contribution in [0.3, 0.4) is 0 Å². The second-order valence-electron chi connectivity index (χ2n) is 2.98. The minimum atomic E-state index is -0.235. The second-order valence-corrected chi connectivity index (χ2v) is 4.18. The Morgan fingerprint density at radius 3 is 2.79 bits per heavy atom. The van der Waals surface area contributed by atoms with Crippen LogP contribution in [0.25, 0.3) is 0 Å². The van der Waals surface area contributed by atoms with Crippen LogP contribution in [0.15, 0.2) is 0 Å². The molecule has 0 spiro atoms. The van der Waals surface area contributed by atoms with E-state index >= 15 is 0 Å². The van der Waals surface area contributed by atoms with E-state index in [9.17, 15) is 4.79 Å². The second kappa shape index (κ2) is 5.10. The first kappa shape index (κ1) is 11.2. The molecule has 0 unspecified atom stereocenters. The molecule has 14 heavy (non-hydrogen) atoms. The Morgan fingerprint density at radius 2 is 2.21 bits per heavy atom. The maximum absolute atomic E-state index is 11.5. The average molecular weight is 213 g/mol. The summed E-state index contributed by atoms with van der Waals surface area (Å²) in [4.78, 5) is 16.5. The number of carbonyl (C=O) groups excluding carboxylic acids is 1. The monoisotopic (exact) mass is 213 g/mol. The molecule has 3 nitrogen and oxygen atoms in total. The van der Waals surface area contributed by atoms with Gasteiger partial charge >= 0.3 is 5.97 Å². The molecule has 1 aromatic heterocycles. The van der Waals surface area contributed by atoms with E-state index in [2.05, 4.69) is 11.9 Å². The molecule has 0 saturated carbocycles. The fourth-order valence-electron chi connectivity index (χ4n) is 1.23. The smallest absolute Gasteiger partial charge is 0.350 e. The van der Waals surface area contributed by atoms with Gasteiger partial charge in [-0.15, -0.1) is 11.3 Å². The average Bonchev–Trinajstić information content (AvgIpc) is 2.48. The third-order valence-electron chi connectivity index (χ3n) is 1.75. The summed E-state index contributed by atoms with van der Waals surface area (Å²) in [6, 6.07) is 0. The summed E-state index contributed by atoms with van der Waals surface area (Å²) in [5.41, 5.74) is 0.883. The van der Waals surface area contributed by atoms with E-state index in [0.29, 0.717) is 11.5 Å². The van der Waals surface area contributed by atoms with Gasteiger partial charge in [0.15, 0.2) is 0 Å². The van der Waals surface area contributed by atoms with Crippen LogP contribution in [-0.4, -0.2) is 17.6 Å². The molecule has 4 heteroatoms. The third-order valence-corrected chi connectivity index (χ3v) is 2.75. The number of hydrogen-bond donors (Lipinski definition) is 0. The number of esters is 1. The number of thiazole rings is 1. The van der Waals surface area contributed by atoms with Gasteiger partial charge in [-0.25, -0.2) is 9.78 Å². The Bertz CT molecular complexity index is 320. The highest BCUT2D eigenvalue weighted by Gasteiger charge is 2.16. The largest absolute Gasteiger partial charge is 0.462 e. The zero-order valence-electron chi connectivity index (χ0n) is 8.79. The van der Waals surface area contributed by atoms with Gasteiger partial charge < -0.3 is 4.74 Å². The van der Waals surface area contributed by atoms with Crippen LogP contribution in [-0.2, 0) is 11.2 Å². The molecule has 0 aliphatic rings. The summed E-state index contributed by atoms with van der Waals surface area (Å²) in [7, 11) is 0. The summed E-state index contributed by atoms with van der Waals surface area (Å²) >= 11 is 1.42. The fraction of sp³-hybridized carbons (Fsp3) is 0.600. The lowest BCUT2D eigenvalue weighted by molar-refractivity contribution is 0.0530.